The molecule has 0 N–H and O–H groups in total. The second-order valence-electron chi connectivity index (χ2n) is 5.41. The number of carbonyl (C=O) groups is 5. The van der Waals surface area contributed by atoms with Crippen LogP contribution in [0.15, 0.2) is 18.2 Å². The van der Waals surface area contributed by atoms with Gasteiger partial charge in [-0.2, -0.15) is 0 Å². The summed E-state index contributed by atoms with van der Waals surface area (Å²) in [5.74, 6) is -4.06. The summed E-state index contributed by atoms with van der Waals surface area (Å²) in [6.45, 7) is 1.67. The van der Waals surface area contributed by atoms with Crippen molar-refractivity contribution < 1.29 is 28.7 Å². The van der Waals surface area contributed by atoms with Crippen LogP contribution in [0.5, 0.6) is 0 Å². The standard InChI is InChI=1S/C15H12N2O6/c1-7-4-8(10(18)23-3)6-9(5-7)17-13(21)15(14(17)22)11(19)16(2)12(15)20/h4-6H,1-3H3. The lowest BCUT2D eigenvalue weighted by Crippen LogP contribution is -2.83. The van der Waals surface area contributed by atoms with Crippen LogP contribution in [0.25, 0.3) is 0 Å². The molecule has 1 spiro atoms. The number of rotatable bonds is 2. The molecular formula is C15H12N2O6. The van der Waals surface area contributed by atoms with E-state index in [0.717, 1.165) is 9.80 Å². The van der Waals surface area contributed by atoms with Crippen molar-refractivity contribution in [3.63, 3.8) is 0 Å². The second-order valence-corrected chi connectivity index (χ2v) is 5.41. The Kier molecular flexibility index (Phi) is 2.90. The Labute approximate surface area is 130 Å². The maximum atomic E-state index is 12.3. The van der Waals surface area contributed by atoms with Crippen molar-refractivity contribution in [2.75, 3.05) is 19.1 Å². The number of β-lactam (4-membered cyclic amide) rings is 4. The Morgan fingerprint density at radius 2 is 1.57 bits per heavy atom. The predicted octanol–water partition coefficient (Wildman–Crippen LogP) is -0.360. The molecule has 1 aromatic rings. The molecule has 2 fully saturated rings. The first-order chi connectivity index (χ1) is 10.8. The molecule has 0 saturated carbocycles. The van der Waals surface area contributed by atoms with Crippen LogP contribution in [0.4, 0.5) is 5.69 Å². The molecule has 3 rings (SSSR count). The van der Waals surface area contributed by atoms with E-state index in [1.54, 1.807) is 6.92 Å². The number of ether oxygens (including phenoxy) is 1. The van der Waals surface area contributed by atoms with Crippen LogP contribution in [0.1, 0.15) is 15.9 Å². The molecule has 2 aliphatic heterocycles. The predicted molar refractivity (Wildman–Crippen MR) is 75.2 cm³/mol. The van der Waals surface area contributed by atoms with Crippen molar-refractivity contribution in [3.05, 3.63) is 29.3 Å². The van der Waals surface area contributed by atoms with E-state index in [-0.39, 0.29) is 11.3 Å². The minimum absolute atomic E-state index is 0.126. The molecule has 0 aliphatic carbocycles. The zero-order chi connectivity index (χ0) is 17.1. The Morgan fingerprint density at radius 3 is 2.09 bits per heavy atom. The summed E-state index contributed by atoms with van der Waals surface area (Å²) in [6, 6.07) is 4.35. The average molecular weight is 316 g/mol. The number of hydrogen-bond donors (Lipinski definition) is 0. The highest BCUT2D eigenvalue weighted by Crippen LogP contribution is 2.46. The van der Waals surface area contributed by atoms with Gasteiger partial charge in [-0.05, 0) is 30.7 Å². The molecule has 2 heterocycles. The number of anilines is 1. The van der Waals surface area contributed by atoms with Gasteiger partial charge in [-0.15, -0.1) is 0 Å². The molecule has 4 amide bonds. The Morgan fingerprint density at radius 1 is 1.00 bits per heavy atom. The number of esters is 1. The van der Waals surface area contributed by atoms with Crippen LogP contribution >= 0.6 is 0 Å². The summed E-state index contributed by atoms with van der Waals surface area (Å²) in [5, 5.41) is 0. The van der Waals surface area contributed by atoms with E-state index in [9.17, 15) is 24.0 Å². The van der Waals surface area contributed by atoms with Gasteiger partial charge in [0.25, 0.3) is 29.0 Å². The van der Waals surface area contributed by atoms with E-state index in [0.29, 0.717) is 5.56 Å². The summed E-state index contributed by atoms with van der Waals surface area (Å²) < 4.78 is 4.61. The van der Waals surface area contributed by atoms with Gasteiger partial charge in [0, 0.05) is 7.05 Å². The molecule has 2 saturated heterocycles. The number of amides is 4. The number of carbonyl (C=O) groups excluding carboxylic acids is 5. The van der Waals surface area contributed by atoms with Crippen LogP contribution in [0.3, 0.4) is 0 Å². The van der Waals surface area contributed by atoms with Gasteiger partial charge in [-0.25, -0.2) is 9.69 Å². The van der Waals surface area contributed by atoms with Crippen LogP contribution in [-0.2, 0) is 23.9 Å². The summed E-state index contributed by atoms with van der Waals surface area (Å²) in [6.07, 6.45) is 0. The fourth-order valence-corrected chi connectivity index (χ4v) is 2.83. The molecule has 8 nitrogen and oxygen atoms in total. The third-order valence-corrected chi connectivity index (χ3v) is 4.04. The molecule has 23 heavy (non-hydrogen) atoms. The monoisotopic (exact) mass is 316 g/mol. The fourth-order valence-electron chi connectivity index (χ4n) is 2.83. The normalized spacial score (nSPS) is 18.9. The SMILES string of the molecule is COC(=O)c1cc(C)cc(N2C(=O)C3(C(=O)N(C)C3=O)C2=O)c1. The van der Waals surface area contributed by atoms with E-state index in [4.69, 9.17) is 0 Å². The number of hydrogen-bond acceptors (Lipinski definition) is 6. The van der Waals surface area contributed by atoms with Crippen molar-refractivity contribution in [1.29, 1.82) is 0 Å². The van der Waals surface area contributed by atoms with Gasteiger partial charge in [-0.3, -0.25) is 24.1 Å². The molecular weight excluding hydrogens is 304 g/mol. The Balaban J connectivity index is 2.00. The molecule has 0 atom stereocenters. The fraction of sp³-hybridized carbons (Fsp3) is 0.267. The van der Waals surface area contributed by atoms with Gasteiger partial charge < -0.3 is 4.74 Å². The van der Waals surface area contributed by atoms with Gasteiger partial charge in [0.15, 0.2) is 0 Å². The topological polar surface area (TPSA) is 101 Å². The minimum Gasteiger partial charge on any atom is -0.465 e. The van der Waals surface area contributed by atoms with Gasteiger partial charge in [-0.1, -0.05) is 0 Å². The molecule has 0 aromatic heterocycles. The zero-order valence-electron chi connectivity index (χ0n) is 12.6. The first kappa shape index (κ1) is 14.9. The Bertz CT molecular complexity index is 778. The van der Waals surface area contributed by atoms with E-state index in [1.807, 2.05) is 0 Å². The van der Waals surface area contributed by atoms with E-state index in [1.165, 1.54) is 32.4 Å². The van der Waals surface area contributed by atoms with Gasteiger partial charge in [0.05, 0.1) is 18.4 Å². The molecule has 0 bridgehead atoms. The largest absolute Gasteiger partial charge is 0.465 e. The first-order valence-corrected chi connectivity index (χ1v) is 6.68. The van der Waals surface area contributed by atoms with Gasteiger partial charge in [0.1, 0.15) is 0 Å². The molecule has 1 aromatic carbocycles. The zero-order valence-corrected chi connectivity index (χ0v) is 12.6. The lowest BCUT2D eigenvalue weighted by atomic mass is 9.69. The maximum Gasteiger partial charge on any atom is 0.337 e. The Hall–Kier alpha value is -3.03. The van der Waals surface area contributed by atoms with Crippen molar-refractivity contribution >= 4 is 35.3 Å². The third kappa shape index (κ3) is 1.57. The number of likely N-dealkylation sites (tertiary alicyclic amines) is 1. The molecule has 0 unspecified atom stereocenters. The van der Waals surface area contributed by atoms with E-state index < -0.39 is 35.0 Å². The molecule has 118 valence electrons. The number of aryl methyl sites for hydroxylation is 1. The highest BCUT2D eigenvalue weighted by molar-refractivity contribution is 6.59. The van der Waals surface area contributed by atoms with Gasteiger partial charge >= 0.3 is 5.97 Å². The van der Waals surface area contributed by atoms with Crippen molar-refractivity contribution in [2.45, 2.75) is 6.92 Å². The minimum atomic E-state index is -2.22. The van der Waals surface area contributed by atoms with E-state index >= 15 is 0 Å². The lowest BCUT2D eigenvalue weighted by molar-refractivity contribution is -0.184. The average Bonchev–Trinajstić information content (AvgIpc) is 2.53. The van der Waals surface area contributed by atoms with Crippen molar-refractivity contribution in [3.8, 4) is 0 Å². The summed E-state index contributed by atoms with van der Waals surface area (Å²) >= 11 is 0. The van der Waals surface area contributed by atoms with Gasteiger partial charge in [0.2, 0.25) is 0 Å². The molecule has 0 radical (unpaired) electrons. The first-order valence-electron chi connectivity index (χ1n) is 6.68. The van der Waals surface area contributed by atoms with E-state index in [2.05, 4.69) is 4.74 Å². The summed E-state index contributed by atoms with van der Waals surface area (Å²) in [4.78, 5) is 61.4. The van der Waals surface area contributed by atoms with Crippen LogP contribution < -0.4 is 4.90 Å². The second kappa shape index (κ2) is 4.48. The lowest BCUT2D eigenvalue weighted by Gasteiger charge is -2.51. The smallest absolute Gasteiger partial charge is 0.337 e. The number of nitrogens with zero attached hydrogens (tertiary/aromatic N) is 2. The van der Waals surface area contributed by atoms with Crippen molar-refractivity contribution in [1.82, 2.24) is 4.90 Å². The highest BCUT2D eigenvalue weighted by atomic mass is 16.5. The molecule has 8 heteroatoms. The van der Waals surface area contributed by atoms with Crippen molar-refractivity contribution in [2.24, 2.45) is 5.41 Å². The van der Waals surface area contributed by atoms with Crippen LogP contribution in [-0.4, -0.2) is 48.7 Å². The summed E-state index contributed by atoms with van der Waals surface area (Å²) in [5.41, 5.74) is -1.31. The number of methoxy groups -OCH3 is 1. The quantitative estimate of drug-likeness (QED) is 0.419. The van der Waals surface area contributed by atoms with Crippen LogP contribution in [0.2, 0.25) is 0 Å². The van der Waals surface area contributed by atoms with Crippen LogP contribution in [0, 0.1) is 12.3 Å². The maximum absolute atomic E-state index is 12.3. The number of imide groups is 2. The highest BCUT2D eigenvalue weighted by Gasteiger charge is 2.79. The number of benzene rings is 1. The summed E-state index contributed by atoms with van der Waals surface area (Å²) in [7, 11) is 2.42. The molecule has 2 aliphatic rings. The third-order valence-electron chi connectivity index (χ3n) is 4.04.